The first-order valence-electron chi connectivity index (χ1n) is 7.22. The smallest absolute Gasteiger partial charge is 0.243 e. The minimum Gasteiger partial charge on any atom is -0.497 e. The highest BCUT2D eigenvalue weighted by Gasteiger charge is 2.31. The van der Waals surface area contributed by atoms with Crippen LogP contribution in [0.4, 0.5) is 0 Å². The number of hydrogen-bond acceptors (Lipinski definition) is 4. The van der Waals surface area contributed by atoms with Gasteiger partial charge < -0.3 is 10.1 Å². The Labute approximate surface area is 139 Å². The molecule has 1 aliphatic heterocycles. The van der Waals surface area contributed by atoms with E-state index < -0.39 is 10.0 Å². The van der Waals surface area contributed by atoms with Gasteiger partial charge in [-0.3, -0.25) is 0 Å². The van der Waals surface area contributed by atoms with Gasteiger partial charge in [-0.15, -0.1) is 12.4 Å². The van der Waals surface area contributed by atoms with Crippen LogP contribution in [0, 0.1) is 13.8 Å². The number of piperidine rings is 1. The molecule has 2 rings (SSSR count). The lowest BCUT2D eigenvalue weighted by Gasteiger charge is -2.32. The number of rotatable bonds is 4. The van der Waals surface area contributed by atoms with E-state index in [9.17, 15) is 8.42 Å². The maximum absolute atomic E-state index is 12.9. The van der Waals surface area contributed by atoms with Crippen molar-refractivity contribution in [3.8, 4) is 5.75 Å². The van der Waals surface area contributed by atoms with E-state index in [1.54, 1.807) is 23.5 Å². The molecule has 0 amide bonds. The Bertz CT molecular complexity index is 596. The van der Waals surface area contributed by atoms with Crippen molar-refractivity contribution in [3.05, 3.63) is 23.3 Å². The molecule has 1 aliphatic rings. The van der Waals surface area contributed by atoms with E-state index in [1.165, 1.54) is 0 Å². The Hall–Kier alpha value is -0.820. The molecule has 1 aromatic carbocycles. The standard InChI is InChI=1S/C15H24N2O3S.ClH/c1-11-8-14(20-4)9-12(2)15(11)21(18,19)17-7-5-6-13(10-17)16-3;/h8-9,13,16H,5-7,10H2,1-4H3;1H. The van der Waals surface area contributed by atoms with Gasteiger partial charge in [-0.25, -0.2) is 8.42 Å². The molecule has 1 atom stereocenters. The average Bonchev–Trinajstić information content (AvgIpc) is 2.46. The molecule has 0 radical (unpaired) electrons. The molecular weight excluding hydrogens is 324 g/mol. The Balaban J connectivity index is 0.00000242. The zero-order valence-corrected chi connectivity index (χ0v) is 15.2. The van der Waals surface area contributed by atoms with Crippen LogP contribution in [0.2, 0.25) is 0 Å². The molecule has 126 valence electrons. The van der Waals surface area contributed by atoms with Crippen LogP contribution >= 0.6 is 12.4 Å². The van der Waals surface area contributed by atoms with Gasteiger partial charge in [0.05, 0.1) is 12.0 Å². The van der Waals surface area contributed by atoms with Crippen LogP contribution in [0.3, 0.4) is 0 Å². The Morgan fingerprint density at radius 2 is 1.86 bits per heavy atom. The van der Waals surface area contributed by atoms with Crippen molar-refractivity contribution >= 4 is 22.4 Å². The Morgan fingerprint density at radius 1 is 1.27 bits per heavy atom. The molecule has 1 saturated heterocycles. The molecule has 0 saturated carbocycles. The topological polar surface area (TPSA) is 58.6 Å². The number of nitrogens with zero attached hydrogens (tertiary/aromatic N) is 1. The van der Waals surface area contributed by atoms with Crippen molar-refractivity contribution in [2.75, 3.05) is 27.2 Å². The highest BCUT2D eigenvalue weighted by Crippen LogP contribution is 2.29. The van der Waals surface area contributed by atoms with E-state index in [1.807, 2.05) is 20.9 Å². The molecule has 1 N–H and O–H groups in total. The number of sulfonamides is 1. The third-order valence-electron chi connectivity index (χ3n) is 4.06. The number of methoxy groups -OCH3 is 1. The van der Waals surface area contributed by atoms with Gasteiger partial charge in [0.2, 0.25) is 10.0 Å². The van der Waals surface area contributed by atoms with Crippen LogP contribution in [0.25, 0.3) is 0 Å². The molecule has 5 nitrogen and oxygen atoms in total. The SMILES string of the molecule is CNC1CCCN(S(=O)(=O)c2c(C)cc(OC)cc2C)C1.Cl. The second kappa shape index (κ2) is 7.64. The fourth-order valence-electron chi connectivity index (χ4n) is 2.96. The minimum atomic E-state index is -3.45. The van der Waals surface area contributed by atoms with Crippen LogP contribution < -0.4 is 10.1 Å². The summed E-state index contributed by atoms with van der Waals surface area (Å²) >= 11 is 0. The van der Waals surface area contributed by atoms with Crippen LogP contribution in [0.5, 0.6) is 5.75 Å². The summed E-state index contributed by atoms with van der Waals surface area (Å²) in [7, 11) is 0.0139. The lowest BCUT2D eigenvalue weighted by Crippen LogP contribution is -2.47. The number of halogens is 1. The molecule has 1 aromatic rings. The summed E-state index contributed by atoms with van der Waals surface area (Å²) in [5.74, 6) is 0.690. The van der Waals surface area contributed by atoms with E-state index in [0.717, 1.165) is 24.0 Å². The van der Waals surface area contributed by atoms with Gasteiger partial charge in [-0.2, -0.15) is 4.31 Å². The predicted molar refractivity (Wildman–Crippen MR) is 90.6 cm³/mol. The van der Waals surface area contributed by atoms with E-state index in [2.05, 4.69) is 5.32 Å². The molecule has 0 spiro atoms. The number of benzene rings is 1. The van der Waals surface area contributed by atoms with Gasteiger partial charge in [0.15, 0.2) is 0 Å². The molecule has 7 heteroatoms. The molecule has 1 heterocycles. The largest absolute Gasteiger partial charge is 0.497 e. The molecular formula is C15H25ClN2O3S. The third-order valence-corrected chi connectivity index (χ3v) is 6.23. The molecule has 0 aliphatic carbocycles. The van der Waals surface area contributed by atoms with Crippen molar-refractivity contribution < 1.29 is 13.2 Å². The Kier molecular flexibility index (Phi) is 6.67. The van der Waals surface area contributed by atoms with Crippen molar-refractivity contribution in [3.63, 3.8) is 0 Å². The summed E-state index contributed by atoms with van der Waals surface area (Å²) in [5.41, 5.74) is 1.47. The quantitative estimate of drug-likeness (QED) is 0.905. The van der Waals surface area contributed by atoms with Crippen molar-refractivity contribution in [1.82, 2.24) is 9.62 Å². The highest BCUT2D eigenvalue weighted by molar-refractivity contribution is 7.89. The van der Waals surface area contributed by atoms with Gasteiger partial charge in [0.25, 0.3) is 0 Å². The third kappa shape index (κ3) is 3.74. The molecule has 22 heavy (non-hydrogen) atoms. The number of likely N-dealkylation sites (N-methyl/N-ethyl adjacent to an activating group) is 1. The summed E-state index contributed by atoms with van der Waals surface area (Å²) in [6, 6.07) is 3.78. The van der Waals surface area contributed by atoms with Crippen molar-refractivity contribution in [1.29, 1.82) is 0 Å². The van der Waals surface area contributed by atoms with Gasteiger partial charge in [0.1, 0.15) is 5.75 Å². The predicted octanol–water partition coefficient (Wildman–Crippen LogP) is 2.11. The second-order valence-corrected chi connectivity index (χ2v) is 7.46. The second-order valence-electron chi connectivity index (χ2n) is 5.58. The van der Waals surface area contributed by atoms with Crippen LogP contribution in [-0.4, -0.2) is 46.0 Å². The van der Waals surface area contributed by atoms with Crippen LogP contribution in [-0.2, 0) is 10.0 Å². The number of hydrogen-bond donors (Lipinski definition) is 1. The van der Waals surface area contributed by atoms with Crippen molar-refractivity contribution in [2.24, 2.45) is 0 Å². The first-order chi connectivity index (χ1) is 9.90. The number of aryl methyl sites for hydroxylation is 2. The molecule has 1 fully saturated rings. The van der Waals surface area contributed by atoms with Crippen LogP contribution in [0.1, 0.15) is 24.0 Å². The molecule has 0 aromatic heterocycles. The van der Waals surface area contributed by atoms with Gasteiger partial charge >= 0.3 is 0 Å². The first-order valence-corrected chi connectivity index (χ1v) is 8.66. The summed E-state index contributed by atoms with van der Waals surface area (Å²) in [4.78, 5) is 0.417. The monoisotopic (exact) mass is 348 g/mol. The van der Waals surface area contributed by atoms with E-state index >= 15 is 0 Å². The zero-order chi connectivity index (χ0) is 15.6. The first kappa shape index (κ1) is 19.2. The van der Waals surface area contributed by atoms with Crippen LogP contribution in [0.15, 0.2) is 17.0 Å². The van der Waals surface area contributed by atoms with Crippen molar-refractivity contribution in [2.45, 2.75) is 37.6 Å². The number of nitrogens with one attached hydrogen (secondary N) is 1. The summed E-state index contributed by atoms with van der Waals surface area (Å²) in [6.45, 7) is 4.76. The van der Waals surface area contributed by atoms with E-state index in [-0.39, 0.29) is 18.4 Å². The van der Waals surface area contributed by atoms with E-state index in [0.29, 0.717) is 23.7 Å². The number of ether oxygens (including phenoxy) is 1. The normalized spacial score (nSPS) is 19.5. The molecule has 1 unspecified atom stereocenters. The average molecular weight is 349 g/mol. The van der Waals surface area contributed by atoms with E-state index in [4.69, 9.17) is 4.74 Å². The van der Waals surface area contributed by atoms with Gasteiger partial charge in [-0.05, 0) is 57.0 Å². The summed E-state index contributed by atoms with van der Waals surface area (Å²) in [5, 5.41) is 3.18. The fourth-order valence-corrected chi connectivity index (χ4v) is 4.90. The maximum Gasteiger partial charge on any atom is 0.243 e. The Morgan fingerprint density at radius 3 is 2.36 bits per heavy atom. The highest BCUT2D eigenvalue weighted by atomic mass is 35.5. The summed E-state index contributed by atoms with van der Waals surface area (Å²) in [6.07, 6.45) is 1.90. The zero-order valence-electron chi connectivity index (χ0n) is 13.5. The molecule has 0 bridgehead atoms. The lowest BCUT2D eigenvalue weighted by molar-refractivity contribution is 0.292. The summed E-state index contributed by atoms with van der Waals surface area (Å²) < 4.78 is 32.7. The lowest BCUT2D eigenvalue weighted by atomic mass is 10.1. The van der Waals surface area contributed by atoms with Gasteiger partial charge in [-0.1, -0.05) is 0 Å². The maximum atomic E-state index is 12.9. The fraction of sp³-hybridized carbons (Fsp3) is 0.600. The minimum absolute atomic E-state index is 0. The van der Waals surface area contributed by atoms with Gasteiger partial charge in [0, 0.05) is 19.1 Å².